The summed E-state index contributed by atoms with van der Waals surface area (Å²) in [6, 6.07) is 10.1. The van der Waals surface area contributed by atoms with Gasteiger partial charge in [0.15, 0.2) is 5.69 Å². The molecule has 3 heterocycles. The molecule has 0 radical (unpaired) electrons. The third-order valence-corrected chi connectivity index (χ3v) is 7.61. The van der Waals surface area contributed by atoms with Gasteiger partial charge in [-0.2, -0.15) is 0 Å². The van der Waals surface area contributed by atoms with E-state index >= 15 is 0 Å². The van der Waals surface area contributed by atoms with Crippen LogP contribution in [0.3, 0.4) is 0 Å². The lowest BCUT2D eigenvalue weighted by atomic mass is 9.96. The molecule has 1 aromatic carbocycles. The number of esters is 1. The van der Waals surface area contributed by atoms with Crippen molar-refractivity contribution in [1.82, 2.24) is 19.7 Å². The highest BCUT2D eigenvalue weighted by molar-refractivity contribution is 6.02. The van der Waals surface area contributed by atoms with Gasteiger partial charge in [-0.05, 0) is 62.4 Å². The van der Waals surface area contributed by atoms with Crippen LogP contribution in [0.1, 0.15) is 49.7 Å². The molecule has 0 spiro atoms. The first-order valence-electron chi connectivity index (χ1n) is 14.1. The average molecular weight is 536 g/mol. The smallest absolute Gasteiger partial charge is 0.320 e. The van der Waals surface area contributed by atoms with E-state index in [1.54, 1.807) is 6.20 Å². The molecule has 1 aromatic heterocycles. The maximum absolute atomic E-state index is 13.5. The first-order chi connectivity index (χ1) is 18.9. The molecule has 0 aliphatic carbocycles. The summed E-state index contributed by atoms with van der Waals surface area (Å²) < 4.78 is 5.07. The van der Waals surface area contributed by atoms with Gasteiger partial charge in [0.25, 0.3) is 5.91 Å². The zero-order chi connectivity index (χ0) is 27.8. The minimum Gasteiger partial charge on any atom is -0.465 e. The molecule has 0 atom stereocenters. The highest BCUT2D eigenvalue weighted by Gasteiger charge is 2.28. The van der Waals surface area contributed by atoms with Crippen LogP contribution in [-0.2, 0) is 20.7 Å². The second-order valence-corrected chi connectivity index (χ2v) is 10.5. The van der Waals surface area contributed by atoms with E-state index in [-0.39, 0.29) is 23.5 Å². The van der Waals surface area contributed by atoms with E-state index in [1.165, 1.54) is 12.5 Å². The highest BCUT2D eigenvalue weighted by atomic mass is 16.5. The Hall–Kier alpha value is -3.30. The van der Waals surface area contributed by atoms with Crippen molar-refractivity contribution in [3.05, 3.63) is 47.8 Å². The van der Waals surface area contributed by atoms with Crippen LogP contribution in [0.5, 0.6) is 0 Å². The van der Waals surface area contributed by atoms with Crippen LogP contribution in [-0.4, -0.2) is 96.4 Å². The number of hydrogen-bond donors (Lipinski definition) is 1. The first-order valence-corrected chi connectivity index (χ1v) is 14.1. The van der Waals surface area contributed by atoms with Gasteiger partial charge in [0.1, 0.15) is 0 Å². The number of nitrogens with one attached hydrogen (secondary N) is 1. The van der Waals surface area contributed by atoms with E-state index in [0.29, 0.717) is 37.8 Å². The number of aromatic nitrogens is 1. The number of nitrogens with zero attached hydrogens (tertiary/aromatic N) is 4. The van der Waals surface area contributed by atoms with Crippen molar-refractivity contribution < 1.29 is 19.1 Å². The summed E-state index contributed by atoms with van der Waals surface area (Å²) in [6.07, 6.45) is 4.78. The van der Waals surface area contributed by atoms with E-state index < -0.39 is 0 Å². The Bertz CT molecular complexity index is 1150. The zero-order valence-corrected chi connectivity index (χ0v) is 23.4. The number of carbonyl (C=O) groups excluding carboxylic acids is 3. The Morgan fingerprint density at radius 2 is 1.72 bits per heavy atom. The number of anilines is 1. The number of pyridine rings is 1. The molecule has 9 nitrogen and oxygen atoms in total. The molecule has 0 bridgehead atoms. The predicted octanol–water partition coefficient (Wildman–Crippen LogP) is 3.30. The molecule has 2 saturated heterocycles. The van der Waals surface area contributed by atoms with Gasteiger partial charge in [0, 0.05) is 51.4 Å². The molecule has 2 aliphatic heterocycles. The molecular formula is C30H41N5O4. The molecule has 9 heteroatoms. The van der Waals surface area contributed by atoms with Crippen molar-refractivity contribution in [2.24, 2.45) is 5.92 Å². The Morgan fingerprint density at radius 1 is 0.974 bits per heavy atom. The molecule has 2 aromatic rings. The number of aryl methyl sites for hydroxylation is 1. The minimum atomic E-state index is -0.233. The SMILES string of the molecule is CCOC(=O)CN1CCC(CN2CCN(C(=O)c3ncc(-c4cccc(CC)c4)cc3NC(C)=O)CC2)CC1. The van der Waals surface area contributed by atoms with Crippen LogP contribution in [0.2, 0.25) is 0 Å². The maximum Gasteiger partial charge on any atom is 0.320 e. The van der Waals surface area contributed by atoms with Crippen LogP contribution >= 0.6 is 0 Å². The minimum absolute atomic E-state index is 0.145. The lowest BCUT2D eigenvalue weighted by molar-refractivity contribution is -0.144. The van der Waals surface area contributed by atoms with Crippen molar-refractivity contribution in [3.8, 4) is 11.1 Å². The van der Waals surface area contributed by atoms with Crippen molar-refractivity contribution in [2.45, 2.75) is 40.0 Å². The van der Waals surface area contributed by atoms with Gasteiger partial charge < -0.3 is 15.0 Å². The Labute approximate surface area is 231 Å². The van der Waals surface area contributed by atoms with Crippen molar-refractivity contribution >= 4 is 23.5 Å². The molecular weight excluding hydrogens is 494 g/mol. The van der Waals surface area contributed by atoms with Crippen LogP contribution < -0.4 is 5.32 Å². The predicted molar refractivity (Wildman–Crippen MR) is 151 cm³/mol. The monoisotopic (exact) mass is 535 g/mol. The lowest BCUT2D eigenvalue weighted by Crippen LogP contribution is -2.51. The summed E-state index contributed by atoms with van der Waals surface area (Å²) in [5.74, 6) is 0.0636. The number of rotatable bonds is 9. The quantitative estimate of drug-likeness (QED) is 0.493. The number of hydrogen-bond acceptors (Lipinski definition) is 7. The van der Waals surface area contributed by atoms with E-state index in [4.69, 9.17) is 4.74 Å². The molecule has 39 heavy (non-hydrogen) atoms. The van der Waals surface area contributed by atoms with Crippen LogP contribution in [0.25, 0.3) is 11.1 Å². The summed E-state index contributed by atoms with van der Waals surface area (Å²) in [6.45, 7) is 11.9. The Balaban J connectivity index is 1.33. The molecule has 2 amide bonds. The van der Waals surface area contributed by atoms with Gasteiger partial charge in [-0.25, -0.2) is 4.98 Å². The van der Waals surface area contributed by atoms with E-state index in [2.05, 4.69) is 39.2 Å². The Kier molecular flexibility index (Phi) is 10.1. The molecule has 0 saturated carbocycles. The standard InChI is InChI=1S/C30H41N5O4/c1-4-23-7-6-8-25(17-23)26-18-27(32-22(3)36)29(31-19-26)30(38)35-15-13-34(14-16-35)20-24-9-11-33(12-10-24)21-28(37)39-5-2/h6-8,17-19,24H,4-5,9-16,20-21H2,1-3H3,(H,32,36). The van der Waals surface area contributed by atoms with Gasteiger partial charge in [-0.3, -0.25) is 24.2 Å². The normalized spacial score (nSPS) is 17.2. The number of piperidine rings is 1. The van der Waals surface area contributed by atoms with Crippen LogP contribution in [0, 0.1) is 5.92 Å². The molecule has 2 aliphatic rings. The maximum atomic E-state index is 13.5. The molecule has 210 valence electrons. The zero-order valence-electron chi connectivity index (χ0n) is 23.4. The average Bonchev–Trinajstić information content (AvgIpc) is 2.94. The fourth-order valence-electron chi connectivity index (χ4n) is 5.41. The summed E-state index contributed by atoms with van der Waals surface area (Å²) in [4.78, 5) is 48.1. The summed E-state index contributed by atoms with van der Waals surface area (Å²) >= 11 is 0. The van der Waals surface area contributed by atoms with Gasteiger partial charge in [-0.1, -0.05) is 31.2 Å². The molecule has 2 fully saturated rings. The lowest BCUT2D eigenvalue weighted by Gasteiger charge is -2.38. The second kappa shape index (κ2) is 13.7. The van der Waals surface area contributed by atoms with Crippen LogP contribution in [0.4, 0.5) is 5.69 Å². The third kappa shape index (κ3) is 7.86. The number of ether oxygens (including phenoxy) is 1. The second-order valence-electron chi connectivity index (χ2n) is 10.5. The van der Waals surface area contributed by atoms with Gasteiger partial charge in [0.05, 0.1) is 18.8 Å². The van der Waals surface area contributed by atoms with Crippen molar-refractivity contribution in [1.29, 1.82) is 0 Å². The summed E-state index contributed by atoms with van der Waals surface area (Å²) in [5, 5.41) is 2.83. The van der Waals surface area contributed by atoms with Gasteiger partial charge in [-0.15, -0.1) is 0 Å². The van der Waals surface area contributed by atoms with Crippen molar-refractivity contribution in [2.75, 3.05) is 64.3 Å². The van der Waals surface area contributed by atoms with E-state index in [9.17, 15) is 14.4 Å². The number of likely N-dealkylation sites (tertiary alicyclic amines) is 1. The number of amides is 2. The largest absolute Gasteiger partial charge is 0.465 e. The van der Waals surface area contributed by atoms with Gasteiger partial charge >= 0.3 is 5.97 Å². The topological polar surface area (TPSA) is 95.1 Å². The van der Waals surface area contributed by atoms with E-state index in [1.807, 2.05) is 30.0 Å². The van der Waals surface area contributed by atoms with E-state index in [0.717, 1.165) is 63.1 Å². The third-order valence-electron chi connectivity index (χ3n) is 7.61. The Morgan fingerprint density at radius 3 is 2.38 bits per heavy atom. The number of carbonyl (C=O) groups is 3. The fraction of sp³-hybridized carbons (Fsp3) is 0.533. The molecule has 1 N–H and O–H groups in total. The highest BCUT2D eigenvalue weighted by Crippen LogP contribution is 2.27. The van der Waals surface area contributed by atoms with Gasteiger partial charge in [0.2, 0.25) is 5.91 Å². The fourth-order valence-corrected chi connectivity index (χ4v) is 5.41. The number of piperazine rings is 1. The first kappa shape index (κ1) is 28.7. The van der Waals surface area contributed by atoms with Crippen molar-refractivity contribution in [3.63, 3.8) is 0 Å². The number of benzene rings is 1. The molecule has 0 unspecified atom stereocenters. The summed E-state index contributed by atoms with van der Waals surface area (Å²) in [7, 11) is 0. The van der Waals surface area contributed by atoms with Crippen LogP contribution in [0.15, 0.2) is 36.5 Å². The summed E-state index contributed by atoms with van der Waals surface area (Å²) in [5.41, 5.74) is 3.82. The molecule has 4 rings (SSSR count).